The van der Waals surface area contributed by atoms with Gasteiger partial charge in [0.05, 0.1) is 37.0 Å². The average Bonchev–Trinajstić information content (AvgIpc) is 3.33. The lowest BCUT2D eigenvalue weighted by Gasteiger charge is -2.38. The SMILES string of the molecule is CC1(Cn2c3cc(C#C[C@H]4O[C@H](CO)[C@@H](O)[C@H](O)[C@@H]4O)ccc3c3ccc(C#C[C@H]4O[C@H](CCO)[C@@H](O)[C@H](O)[C@@H]4O)cc32)COC1. The summed E-state index contributed by atoms with van der Waals surface area (Å²) in [5, 5.41) is 82.3. The molecule has 3 aromatic rings. The Bertz CT molecular complexity index is 1690. The second-order valence-corrected chi connectivity index (χ2v) is 12.7. The topological polar surface area (TPSA) is 194 Å². The van der Waals surface area contributed by atoms with Crippen molar-refractivity contribution in [3.05, 3.63) is 47.5 Å². The van der Waals surface area contributed by atoms with Crippen molar-refractivity contribution in [2.45, 2.75) is 80.9 Å². The van der Waals surface area contributed by atoms with E-state index in [1.807, 2.05) is 36.4 Å². The molecule has 3 fully saturated rings. The number of rotatable bonds is 5. The second-order valence-electron chi connectivity index (χ2n) is 12.7. The molecule has 0 bridgehead atoms. The van der Waals surface area contributed by atoms with Gasteiger partial charge in [0.25, 0.3) is 0 Å². The summed E-state index contributed by atoms with van der Waals surface area (Å²) < 4.78 is 19.0. The van der Waals surface area contributed by atoms with Crippen molar-refractivity contribution >= 4 is 21.8 Å². The minimum Gasteiger partial charge on any atom is -0.396 e. The lowest BCUT2D eigenvalue weighted by molar-refractivity contribution is -0.214. The van der Waals surface area contributed by atoms with E-state index in [-0.39, 0.29) is 18.4 Å². The van der Waals surface area contributed by atoms with Crippen LogP contribution in [0, 0.1) is 29.1 Å². The van der Waals surface area contributed by atoms with Crippen LogP contribution in [0.2, 0.25) is 0 Å². The lowest BCUT2D eigenvalue weighted by Crippen LogP contribution is -2.58. The molecule has 246 valence electrons. The van der Waals surface area contributed by atoms with E-state index in [0.29, 0.717) is 30.9 Å². The molecular weight excluding hydrogens is 598 g/mol. The Kier molecular flexibility index (Phi) is 9.43. The normalized spacial score (nSPS) is 33.9. The summed E-state index contributed by atoms with van der Waals surface area (Å²) >= 11 is 0. The first-order valence-electron chi connectivity index (χ1n) is 15.3. The van der Waals surface area contributed by atoms with Crippen LogP contribution in [-0.2, 0) is 20.8 Å². The number of nitrogens with zero attached hydrogens (tertiary/aromatic N) is 1. The maximum Gasteiger partial charge on any atom is 0.147 e. The summed E-state index contributed by atoms with van der Waals surface area (Å²) in [7, 11) is 0. The molecule has 1 aromatic heterocycles. The molecule has 0 amide bonds. The summed E-state index contributed by atoms with van der Waals surface area (Å²) in [6.45, 7) is 3.20. The highest BCUT2D eigenvalue weighted by molar-refractivity contribution is 6.08. The molecule has 0 radical (unpaired) electrons. The van der Waals surface area contributed by atoms with Gasteiger partial charge in [0, 0.05) is 40.5 Å². The van der Waals surface area contributed by atoms with Crippen molar-refractivity contribution < 1.29 is 55.1 Å². The monoisotopic (exact) mass is 637 g/mol. The fourth-order valence-electron chi connectivity index (χ4n) is 6.31. The van der Waals surface area contributed by atoms with Crippen molar-refractivity contribution in [1.29, 1.82) is 0 Å². The molecular formula is C34H39NO11. The molecule has 3 aliphatic heterocycles. The predicted molar refractivity (Wildman–Crippen MR) is 164 cm³/mol. The van der Waals surface area contributed by atoms with Crippen LogP contribution in [0.4, 0.5) is 0 Å². The largest absolute Gasteiger partial charge is 0.396 e. The summed E-state index contributed by atoms with van der Waals surface area (Å²) in [4.78, 5) is 0. The number of fused-ring (bicyclic) bond motifs is 3. The number of benzene rings is 2. The number of aliphatic hydroxyl groups excluding tert-OH is 8. The van der Waals surface area contributed by atoms with Gasteiger partial charge < -0.3 is 59.6 Å². The quantitative estimate of drug-likeness (QED) is 0.154. The predicted octanol–water partition coefficient (Wildman–Crippen LogP) is -1.39. The molecule has 0 aliphatic carbocycles. The van der Waals surface area contributed by atoms with Gasteiger partial charge >= 0.3 is 0 Å². The van der Waals surface area contributed by atoms with Crippen LogP contribution < -0.4 is 0 Å². The van der Waals surface area contributed by atoms with Crippen molar-refractivity contribution in [1.82, 2.24) is 4.57 Å². The number of aliphatic hydroxyl groups is 8. The molecule has 6 rings (SSSR count). The summed E-state index contributed by atoms with van der Waals surface area (Å²) in [6.07, 6.45) is -12.6. The van der Waals surface area contributed by atoms with Crippen LogP contribution in [-0.4, -0.2) is 133 Å². The van der Waals surface area contributed by atoms with Crippen LogP contribution in [0.15, 0.2) is 36.4 Å². The van der Waals surface area contributed by atoms with Crippen LogP contribution in [0.3, 0.4) is 0 Å². The van der Waals surface area contributed by atoms with Gasteiger partial charge in [-0.1, -0.05) is 42.7 Å². The summed E-state index contributed by atoms with van der Waals surface area (Å²) in [5.41, 5.74) is 2.99. The molecule has 12 heteroatoms. The molecule has 0 spiro atoms. The van der Waals surface area contributed by atoms with Crippen LogP contribution >= 0.6 is 0 Å². The first-order valence-corrected chi connectivity index (χ1v) is 15.3. The first kappa shape index (κ1) is 32.8. The number of hydrogen-bond acceptors (Lipinski definition) is 11. The molecule has 2 aromatic carbocycles. The van der Waals surface area contributed by atoms with Crippen molar-refractivity contribution in [2.24, 2.45) is 5.41 Å². The van der Waals surface area contributed by atoms with E-state index in [1.54, 1.807) is 0 Å². The minimum atomic E-state index is -1.51. The number of aromatic nitrogens is 1. The maximum atomic E-state index is 10.5. The minimum absolute atomic E-state index is 0.0898. The highest BCUT2D eigenvalue weighted by Crippen LogP contribution is 2.36. The van der Waals surface area contributed by atoms with E-state index in [0.717, 1.165) is 21.8 Å². The highest BCUT2D eigenvalue weighted by atomic mass is 16.5. The second kappa shape index (κ2) is 13.2. The number of ether oxygens (including phenoxy) is 3. The Hall–Kier alpha value is -3.08. The molecule has 4 heterocycles. The fraction of sp³-hybridized carbons (Fsp3) is 0.529. The van der Waals surface area contributed by atoms with E-state index >= 15 is 0 Å². The average molecular weight is 638 g/mol. The Morgan fingerprint density at radius 1 is 0.717 bits per heavy atom. The van der Waals surface area contributed by atoms with Crippen LogP contribution in [0.1, 0.15) is 24.5 Å². The zero-order valence-corrected chi connectivity index (χ0v) is 25.2. The molecule has 10 atom stereocenters. The van der Waals surface area contributed by atoms with Gasteiger partial charge in [-0.25, -0.2) is 0 Å². The zero-order valence-electron chi connectivity index (χ0n) is 25.2. The van der Waals surface area contributed by atoms with Gasteiger partial charge in [0.2, 0.25) is 0 Å². The third-order valence-corrected chi connectivity index (χ3v) is 9.04. The van der Waals surface area contributed by atoms with Crippen molar-refractivity contribution in [3.8, 4) is 23.7 Å². The van der Waals surface area contributed by atoms with Gasteiger partial charge in [-0.05, 0) is 30.7 Å². The van der Waals surface area contributed by atoms with Crippen LogP contribution in [0.5, 0.6) is 0 Å². The van der Waals surface area contributed by atoms with Gasteiger partial charge in [-0.2, -0.15) is 0 Å². The van der Waals surface area contributed by atoms with Gasteiger partial charge in [-0.3, -0.25) is 0 Å². The van der Waals surface area contributed by atoms with E-state index in [4.69, 9.17) is 14.2 Å². The molecule has 8 N–H and O–H groups in total. The first-order chi connectivity index (χ1) is 22.0. The van der Waals surface area contributed by atoms with Crippen LogP contribution in [0.25, 0.3) is 21.8 Å². The summed E-state index contributed by atoms with van der Waals surface area (Å²) in [5.74, 6) is 11.8. The molecule has 46 heavy (non-hydrogen) atoms. The smallest absolute Gasteiger partial charge is 0.147 e. The standard InChI is InChI=1S/C34H39NO11/c1-34(16-44-17-34)15-35-22-12-18(4-8-24-28(38)32(42)30(40)26(45-24)10-11-36)2-6-20(22)21-7-3-19(13-23(21)35)5-9-25-29(39)33(43)31(41)27(14-37)46-25/h2-3,6-7,12-13,24-33,36-43H,10-11,14-17H2,1H3/t24-,25-,26-,27-,28-,29-,30-,31-,32-,33-/m1/s1. The Morgan fingerprint density at radius 3 is 1.67 bits per heavy atom. The van der Waals surface area contributed by atoms with Gasteiger partial charge in [0.15, 0.2) is 0 Å². The third kappa shape index (κ3) is 6.16. The highest BCUT2D eigenvalue weighted by Gasteiger charge is 2.44. The van der Waals surface area contributed by atoms with Gasteiger partial charge in [0.1, 0.15) is 54.9 Å². The Labute approximate surface area is 265 Å². The van der Waals surface area contributed by atoms with E-state index in [9.17, 15) is 40.9 Å². The maximum absolute atomic E-state index is 10.5. The molecule has 0 saturated carbocycles. The van der Waals surface area contributed by atoms with E-state index in [2.05, 4.69) is 35.2 Å². The summed E-state index contributed by atoms with van der Waals surface area (Å²) in [6, 6.07) is 11.5. The molecule has 0 unspecified atom stereocenters. The van der Waals surface area contributed by atoms with E-state index < -0.39 is 67.6 Å². The van der Waals surface area contributed by atoms with E-state index in [1.165, 1.54) is 0 Å². The molecule has 12 nitrogen and oxygen atoms in total. The lowest BCUT2D eigenvalue weighted by atomic mass is 9.88. The third-order valence-electron chi connectivity index (χ3n) is 9.04. The number of hydrogen-bond donors (Lipinski definition) is 8. The Morgan fingerprint density at radius 2 is 1.22 bits per heavy atom. The fourth-order valence-corrected chi connectivity index (χ4v) is 6.31. The van der Waals surface area contributed by atoms with Crippen molar-refractivity contribution in [2.75, 3.05) is 26.4 Å². The zero-order chi connectivity index (χ0) is 32.7. The Balaban J connectivity index is 1.35. The van der Waals surface area contributed by atoms with Gasteiger partial charge in [-0.15, -0.1) is 0 Å². The molecule has 3 saturated heterocycles. The molecule has 3 aliphatic rings. The van der Waals surface area contributed by atoms with Crippen molar-refractivity contribution in [3.63, 3.8) is 0 Å².